The monoisotopic (exact) mass is 276 g/mol. The van der Waals surface area contributed by atoms with Crippen LogP contribution in [0.5, 0.6) is 0 Å². The lowest BCUT2D eigenvalue weighted by Crippen LogP contribution is -2.29. The van der Waals surface area contributed by atoms with Crippen LogP contribution in [0.3, 0.4) is 0 Å². The van der Waals surface area contributed by atoms with Gasteiger partial charge in [0.25, 0.3) is 11.1 Å². The van der Waals surface area contributed by atoms with Crippen LogP contribution in [0.4, 0.5) is 5.69 Å². The molecule has 7 nitrogen and oxygen atoms in total. The first-order valence-corrected chi connectivity index (χ1v) is 6.37. The average molecular weight is 276 g/mol. The Morgan fingerprint density at radius 2 is 1.95 bits per heavy atom. The number of H-pyrrole nitrogens is 2. The van der Waals surface area contributed by atoms with Gasteiger partial charge in [-0.2, -0.15) is 0 Å². The number of benzene rings is 1. The number of fused-ring (bicyclic) bond motifs is 1. The predicted molar refractivity (Wildman–Crippen MR) is 77.0 cm³/mol. The molecule has 0 aliphatic rings. The summed E-state index contributed by atoms with van der Waals surface area (Å²) < 4.78 is 0. The summed E-state index contributed by atoms with van der Waals surface area (Å²) in [5.74, 6) is -0.259. The maximum absolute atomic E-state index is 11.8. The van der Waals surface area contributed by atoms with Crippen molar-refractivity contribution in [3.63, 3.8) is 0 Å². The maximum Gasteiger partial charge on any atom is 0.272 e. The highest BCUT2D eigenvalue weighted by atomic mass is 16.2. The molecule has 2 aromatic rings. The molecule has 0 atom stereocenters. The van der Waals surface area contributed by atoms with Gasteiger partial charge in [0.1, 0.15) is 0 Å². The first-order valence-electron chi connectivity index (χ1n) is 6.37. The van der Waals surface area contributed by atoms with Crippen molar-refractivity contribution in [3.8, 4) is 0 Å². The fraction of sp³-hybridized carbons (Fsp3) is 0.308. The minimum Gasteiger partial charge on any atom is -0.324 e. The highest BCUT2D eigenvalue weighted by Gasteiger charge is 2.10. The second-order valence-corrected chi connectivity index (χ2v) is 4.36. The second-order valence-electron chi connectivity index (χ2n) is 4.36. The Morgan fingerprint density at radius 3 is 2.70 bits per heavy atom. The van der Waals surface area contributed by atoms with E-state index in [2.05, 4.69) is 20.8 Å². The molecule has 0 unspecified atom stereocenters. The predicted octanol–water partition coefficient (Wildman–Crippen LogP) is 0.154. The number of hydrogen-bond donors (Lipinski definition) is 4. The molecule has 2 rings (SSSR count). The van der Waals surface area contributed by atoms with E-state index in [0.29, 0.717) is 5.69 Å². The highest BCUT2D eigenvalue weighted by Crippen LogP contribution is 2.16. The van der Waals surface area contributed by atoms with Gasteiger partial charge in [0.2, 0.25) is 5.91 Å². The van der Waals surface area contributed by atoms with Crippen molar-refractivity contribution < 1.29 is 4.79 Å². The molecular weight excluding hydrogens is 260 g/mol. The van der Waals surface area contributed by atoms with Gasteiger partial charge in [-0.1, -0.05) is 13.0 Å². The molecule has 4 N–H and O–H groups in total. The van der Waals surface area contributed by atoms with Gasteiger partial charge in [0.15, 0.2) is 0 Å². The summed E-state index contributed by atoms with van der Waals surface area (Å²) in [4.78, 5) is 35.2. The van der Waals surface area contributed by atoms with Crippen LogP contribution in [0.2, 0.25) is 0 Å². The Morgan fingerprint density at radius 1 is 1.20 bits per heavy atom. The number of nitrogens with one attached hydrogen (secondary N) is 4. The summed E-state index contributed by atoms with van der Waals surface area (Å²) in [5, 5.41) is 10.5. The molecular formula is C13H16N4O3. The van der Waals surface area contributed by atoms with Crippen molar-refractivity contribution in [1.29, 1.82) is 0 Å². The van der Waals surface area contributed by atoms with Crippen LogP contribution in [0.15, 0.2) is 27.8 Å². The quantitative estimate of drug-likeness (QED) is 0.583. The molecule has 1 aromatic heterocycles. The largest absolute Gasteiger partial charge is 0.324 e. The zero-order chi connectivity index (χ0) is 14.5. The summed E-state index contributed by atoms with van der Waals surface area (Å²) in [5.41, 5.74) is -0.519. The van der Waals surface area contributed by atoms with Crippen molar-refractivity contribution in [2.24, 2.45) is 0 Å². The van der Waals surface area contributed by atoms with Crippen molar-refractivity contribution in [2.75, 3.05) is 18.4 Å². The molecule has 1 amide bonds. The minimum absolute atomic E-state index is 0.158. The van der Waals surface area contributed by atoms with E-state index in [4.69, 9.17) is 0 Å². The van der Waals surface area contributed by atoms with Gasteiger partial charge in [-0.15, -0.1) is 0 Å². The third-order valence-electron chi connectivity index (χ3n) is 2.81. The smallest absolute Gasteiger partial charge is 0.272 e. The molecule has 0 fully saturated rings. The number of aromatic nitrogens is 2. The van der Waals surface area contributed by atoms with E-state index in [1.807, 2.05) is 6.92 Å². The van der Waals surface area contributed by atoms with Gasteiger partial charge < -0.3 is 10.6 Å². The Bertz CT molecular complexity index is 732. The fourth-order valence-corrected chi connectivity index (χ4v) is 1.91. The van der Waals surface area contributed by atoms with E-state index in [0.717, 1.165) is 13.0 Å². The molecule has 0 aliphatic carbocycles. The second kappa shape index (κ2) is 6.16. The van der Waals surface area contributed by atoms with E-state index >= 15 is 0 Å². The number of carbonyl (C=O) groups is 1. The van der Waals surface area contributed by atoms with Gasteiger partial charge in [0.05, 0.1) is 23.0 Å². The topological polar surface area (TPSA) is 107 Å². The van der Waals surface area contributed by atoms with Crippen LogP contribution < -0.4 is 21.8 Å². The molecule has 1 aromatic carbocycles. The van der Waals surface area contributed by atoms with Crippen LogP contribution in [0.25, 0.3) is 10.8 Å². The Hall–Kier alpha value is -2.41. The molecule has 20 heavy (non-hydrogen) atoms. The summed E-state index contributed by atoms with van der Waals surface area (Å²) in [6, 6.07) is 4.75. The highest BCUT2D eigenvalue weighted by molar-refractivity contribution is 6.02. The first-order chi connectivity index (χ1) is 9.63. The Labute approximate surface area is 114 Å². The van der Waals surface area contributed by atoms with Crippen molar-refractivity contribution in [3.05, 3.63) is 38.9 Å². The fourth-order valence-electron chi connectivity index (χ4n) is 1.91. The number of carbonyl (C=O) groups excluding carboxylic acids is 1. The molecule has 7 heteroatoms. The number of aromatic amines is 2. The molecule has 1 heterocycles. The lowest BCUT2D eigenvalue weighted by atomic mass is 10.1. The van der Waals surface area contributed by atoms with E-state index in [9.17, 15) is 14.4 Å². The van der Waals surface area contributed by atoms with Crippen LogP contribution in [0, 0.1) is 0 Å². The average Bonchev–Trinajstić information content (AvgIpc) is 2.43. The van der Waals surface area contributed by atoms with Gasteiger partial charge in [-0.05, 0) is 25.1 Å². The summed E-state index contributed by atoms with van der Waals surface area (Å²) >= 11 is 0. The van der Waals surface area contributed by atoms with Gasteiger partial charge in [0, 0.05) is 0 Å². The normalized spacial score (nSPS) is 10.7. The minimum atomic E-state index is -0.447. The number of rotatable bonds is 5. The van der Waals surface area contributed by atoms with Gasteiger partial charge in [-0.25, -0.2) is 0 Å². The molecule has 106 valence electrons. The maximum atomic E-state index is 11.8. The van der Waals surface area contributed by atoms with Crippen molar-refractivity contribution in [1.82, 2.24) is 15.5 Å². The molecule has 0 saturated carbocycles. The SMILES string of the molecule is CCCNCC(=O)Nc1cccc2c(=O)[nH][nH]c(=O)c12. The lowest BCUT2D eigenvalue weighted by Gasteiger charge is -2.08. The van der Waals surface area contributed by atoms with Crippen molar-refractivity contribution in [2.45, 2.75) is 13.3 Å². The summed E-state index contributed by atoms with van der Waals surface area (Å²) in [6.45, 7) is 2.90. The summed E-state index contributed by atoms with van der Waals surface area (Å²) in [6.07, 6.45) is 0.927. The van der Waals surface area contributed by atoms with Gasteiger partial charge >= 0.3 is 0 Å². The molecule has 0 spiro atoms. The number of hydrogen-bond acceptors (Lipinski definition) is 4. The van der Waals surface area contributed by atoms with Crippen LogP contribution in [-0.2, 0) is 4.79 Å². The molecule has 0 saturated heterocycles. The van der Waals surface area contributed by atoms with E-state index in [1.54, 1.807) is 12.1 Å². The van der Waals surface area contributed by atoms with E-state index < -0.39 is 11.1 Å². The Balaban J connectivity index is 2.31. The number of amides is 1. The van der Waals surface area contributed by atoms with Crippen LogP contribution in [0.1, 0.15) is 13.3 Å². The van der Waals surface area contributed by atoms with Crippen molar-refractivity contribution >= 4 is 22.4 Å². The van der Waals surface area contributed by atoms with Gasteiger partial charge in [-0.3, -0.25) is 24.6 Å². The first kappa shape index (κ1) is 14.0. The third kappa shape index (κ3) is 2.94. The zero-order valence-corrected chi connectivity index (χ0v) is 11.1. The Kier molecular flexibility index (Phi) is 4.31. The number of anilines is 1. The third-order valence-corrected chi connectivity index (χ3v) is 2.81. The molecule has 0 aliphatic heterocycles. The zero-order valence-electron chi connectivity index (χ0n) is 11.1. The van der Waals surface area contributed by atoms with Crippen LogP contribution in [-0.4, -0.2) is 29.2 Å². The van der Waals surface area contributed by atoms with E-state index in [-0.39, 0.29) is 23.2 Å². The van der Waals surface area contributed by atoms with E-state index in [1.165, 1.54) is 6.07 Å². The lowest BCUT2D eigenvalue weighted by molar-refractivity contribution is -0.115. The summed E-state index contributed by atoms with van der Waals surface area (Å²) in [7, 11) is 0. The molecule has 0 radical (unpaired) electrons. The molecule has 0 bridgehead atoms. The van der Waals surface area contributed by atoms with Crippen LogP contribution >= 0.6 is 0 Å². The standard InChI is InChI=1S/C13H16N4O3/c1-2-6-14-7-10(18)15-9-5-3-4-8-11(9)13(20)17-16-12(8)19/h3-5,14H,2,6-7H2,1H3,(H,15,18)(H,16,19)(H,17,20).